The lowest BCUT2D eigenvalue weighted by Gasteiger charge is -2.27. The summed E-state index contributed by atoms with van der Waals surface area (Å²) in [6.45, 7) is -2.60. The van der Waals surface area contributed by atoms with Crippen LogP contribution >= 0.6 is 0 Å². The van der Waals surface area contributed by atoms with E-state index in [1.54, 1.807) is 24.1 Å². The number of pyridine rings is 1. The largest absolute Gasteiger partial charge is 0.497 e. The first-order valence-corrected chi connectivity index (χ1v) is 9.98. The van der Waals surface area contributed by atoms with Crippen LogP contribution in [-0.2, 0) is 6.54 Å². The van der Waals surface area contributed by atoms with Crippen LogP contribution in [0.1, 0.15) is 31.2 Å². The number of alkyl halides is 2. The molecule has 0 atom stereocenters. The molecule has 160 valence electrons. The minimum atomic E-state index is -2.96. The molecule has 0 bridgehead atoms. The molecule has 1 aromatic carbocycles. The smallest absolute Gasteiger partial charge is 0.388 e. The summed E-state index contributed by atoms with van der Waals surface area (Å²) in [7, 11) is 1.60. The normalized spacial score (nSPS) is 19.2. The lowest BCUT2D eigenvalue weighted by atomic mass is 9.92. The maximum absolute atomic E-state index is 12.9. The number of rotatable bonds is 7. The quantitative estimate of drug-likeness (QED) is 0.609. The van der Waals surface area contributed by atoms with Crippen molar-refractivity contribution in [1.82, 2.24) is 14.8 Å². The van der Waals surface area contributed by atoms with Crippen LogP contribution in [0.2, 0.25) is 0 Å². The van der Waals surface area contributed by atoms with Gasteiger partial charge in [-0.3, -0.25) is 0 Å². The van der Waals surface area contributed by atoms with Gasteiger partial charge in [-0.2, -0.15) is 8.78 Å². The average molecular weight is 417 g/mol. The molecule has 0 spiro atoms. The molecule has 3 N–H and O–H groups in total. The first-order valence-electron chi connectivity index (χ1n) is 9.98. The van der Waals surface area contributed by atoms with E-state index >= 15 is 0 Å². The van der Waals surface area contributed by atoms with Gasteiger partial charge in [-0.1, -0.05) is 12.1 Å². The van der Waals surface area contributed by atoms with Crippen LogP contribution in [0.3, 0.4) is 0 Å². The van der Waals surface area contributed by atoms with E-state index < -0.39 is 6.61 Å². The molecule has 1 aliphatic rings. The highest BCUT2D eigenvalue weighted by molar-refractivity contribution is 5.84. The van der Waals surface area contributed by atoms with E-state index in [2.05, 4.69) is 20.1 Å². The van der Waals surface area contributed by atoms with Crippen molar-refractivity contribution in [2.45, 2.75) is 50.9 Å². The van der Waals surface area contributed by atoms with Crippen LogP contribution in [0.5, 0.6) is 11.6 Å². The molecule has 7 nitrogen and oxygen atoms in total. The van der Waals surface area contributed by atoms with Crippen LogP contribution in [0.25, 0.3) is 11.0 Å². The van der Waals surface area contributed by atoms with Gasteiger partial charge in [-0.25, -0.2) is 9.67 Å². The predicted molar refractivity (Wildman–Crippen MR) is 110 cm³/mol. The molecule has 0 radical (unpaired) electrons. The molecular weight excluding hydrogens is 392 g/mol. The number of hydrogen-bond donors (Lipinski definition) is 2. The summed E-state index contributed by atoms with van der Waals surface area (Å²) in [6, 6.07) is 9.77. The van der Waals surface area contributed by atoms with Gasteiger partial charge in [-0.15, -0.1) is 5.10 Å². The monoisotopic (exact) mass is 417 g/mol. The van der Waals surface area contributed by atoms with Gasteiger partial charge in [0.1, 0.15) is 5.75 Å². The number of nitrogens with one attached hydrogen (secondary N) is 1. The van der Waals surface area contributed by atoms with Crippen LogP contribution in [0.15, 0.2) is 36.5 Å². The number of halogens is 2. The van der Waals surface area contributed by atoms with Gasteiger partial charge >= 0.3 is 6.61 Å². The Bertz CT molecular complexity index is 985. The van der Waals surface area contributed by atoms with Crippen molar-refractivity contribution in [3.05, 3.63) is 42.1 Å². The number of nitrogens with zero attached hydrogens (tertiary/aromatic N) is 3. The minimum absolute atomic E-state index is 0.129. The molecule has 2 heterocycles. The summed E-state index contributed by atoms with van der Waals surface area (Å²) in [5.74, 6) is 0.610. The lowest BCUT2D eigenvalue weighted by molar-refractivity contribution is -0.0522. The third kappa shape index (κ3) is 4.62. The molecule has 2 aromatic heterocycles. The van der Waals surface area contributed by atoms with E-state index in [0.717, 1.165) is 42.7 Å². The minimum Gasteiger partial charge on any atom is -0.497 e. The molecule has 3 aromatic rings. The zero-order chi connectivity index (χ0) is 21.1. The molecule has 1 fully saturated rings. The van der Waals surface area contributed by atoms with E-state index in [1.165, 1.54) is 0 Å². The van der Waals surface area contributed by atoms with E-state index in [-0.39, 0.29) is 18.0 Å². The predicted octanol–water partition coefficient (Wildman–Crippen LogP) is 3.77. The highest BCUT2D eigenvalue weighted by Gasteiger charge is 2.21. The fourth-order valence-electron chi connectivity index (χ4n) is 3.80. The van der Waals surface area contributed by atoms with Gasteiger partial charge in [0.2, 0.25) is 5.88 Å². The Labute approximate surface area is 173 Å². The SMILES string of the molecule is COc1ccc(Cn2nc(OC(F)F)c3cc(N[C@H]4CC[C@H](N)CC4)cnc32)cc1. The van der Waals surface area contributed by atoms with Crippen LogP contribution in [0, 0.1) is 0 Å². The number of nitrogens with two attached hydrogens (primary N) is 1. The molecule has 4 rings (SSSR count). The first kappa shape index (κ1) is 20.3. The van der Waals surface area contributed by atoms with Gasteiger partial charge in [0.05, 0.1) is 30.9 Å². The van der Waals surface area contributed by atoms with Crippen LogP contribution < -0.4 is 20.5 Å². The fourth-order valence-corrected chi connectivity index (χ4v) is 3.80. The zero-order valence-electron chi connectivity index (χ0n) is 16.7. The van der Waals surface area contributed by atoms with Crippen LogP contribution in [-0.4, -0.2) is 40.6 Å². The molecule has 0 amide bonds. The number of hydrogen-bond acceptors (Lipinski definition) is 6. The molecular formula is C21H25F2N5O2. The Balaban J connectivity index is 1.60. The molecule has 0 unspecified atom stereocenters. The van der Waals surface area contributed by atoms with Crippen molar-refractivity contribution in [3.63, 3.8) is 0 Å². The standard InChI is InChI=1S/C21H25F2N5O2/c1-29-17-8-2-13(3-9-17)12-28-19-18(20(27-28)30-21(22)23)10-16(11-25-19)26-15-6-4-14(24)5-7-15/h2-3,8-11,14-15,21,26H,4-7,12,24H2,1H3/t14-,15-. The number of ether oxygens (including phenoxy) is 2. The maximum Gasteiger partial charge on any atom is 0.388 e. The number of aromatic nitrogens is 3. The highest BCUT2D eigenvalue weighted by Crippen LogP contribution is 2.29. The molecule has 9 heteroatoms. The number of anilines is 1. The second-order valence-corrected chi connectivity index (χ2v) is 7.54. The number of benzene rings is 1. The molecule has 0 saturated heterocycles. The lowest BCUT2D eigenvalue weighted by Crippen LogP contribution is -2.32. The number of methoxy groups -OCH3 is 1. The summed E-state index contributed by atoms with van der Waals surface area (Å²) in [5.41, 5.74) is 8.14. The van der Waals surface area contributed by atoms with Crippen molar-refractivity contribution in [2.75, 3.05) is 12.4 Å². The van der Waals surface area contributed by atoms with Crippen molar-refractivity contribution in [2.24, 2.45) is 5.73 Å². The second-order valence-electron chi connectivity index (χ2n) is 7.54. The molecule has 0 aliphatic heterocycles. The molecule has 1 aliphatic carbocycles. The third-order valence-electron chi connectivity index (χ3n) is 5.39. The van der Waals surface area contributed by atoms with Gasteiger partial charge in [-0.05, 0) is 49.4 Å². The Morgan fingerprint density at radius 2 is 1.93 bits per heavy atom. The second kappa shape index (κ2) is 8.83. The highest BCUT2D eigenvalue weighted by atomic mass is 19.3. The van der Waals surface area contributed by atoms with Crippen molar-refractivity contribution < 1.29 is 18.3 Å². The third-order valence-corrected chi connectivity index (χ3v) is 5.39. The van der Waals surface area contributed by atoms with Crippen molar-refractivity contribution in [3.8, 4) is 11.6 Å². The van der Waals surface area contributed by atoms with E-state index in [1.807, 2.05) is 24.3 Å². The first-order chi connectivity index (χ1) is 14.5. The van der Waals surface area contributed by atoms with E-state index in [9.17, 15) is 8.78 Å². The summed E-state index contributed by atoms with van der Waals surface area (Å²) in [4.78, 5) is 4.48. The molecule has 30 heavy (non-hydrogen) atoms. The van der Waals surface area contributed by atoms with E-state index in [0.29, 0.717) is 17.6 Å². The Kier molecular flexibility index (Phi) is 5.98. The summed E-state index contributed by atoms with van der Waals surface area (Å²) >= 11 is 0. The topological polar surface area (TPSA) is 87.2 Å². The Morgan fingerprint density at radius 1 is 1.20 bits per heavy atom. The zero-order valence-corrected chi connectivity index (χ0v) is 16.7. The van der Waals surface area contributed by atoms with Crippen molar-refractivity contribution >= 4 is 16.7 Å². The maximum atomic E-state index is 12.9. The van der Waals surface area contributed by atoms with Gasteiger partial charge in [0.15, 0.2) is 5.65 Å². The fraction of sp³-hybridized carbons (Fsp3) is 0.429. The Hall–Kier alpha value is -2.94. The summed E-state index contributed by atoms with van der Waals surface area (Å²) < 4.78 is 37.3. The Morgan fingerprint density at radius 3 is 2.60 bits per heavy atom. The summed E-state index contributed by atoms with van der Waals surface area (Å²) in [5, 5.41) is 8.12. The molecule has 1 saturated carbocycles. The van der Waals surface area contributed by atoms with Gasteiger partial charge < -0.3 is 20.5 Å². The summed E-state index contributed by atoms with van der Waals surface area (Å²) in [6.07, 6.45) is 5.57. The van der Waals surface area contributed by atoms with Crippen molar-refractivity contribution in [1.29, 1.82) is 0 Å². The van der Waals surface area contributed by atoms with Crippen LogP contribution in [0.4, 0.5) is 14.5 Å². The van der Waals surface area contributed by atoms with Gasteiger partial charge in [0.25, 0.3) is 0 Å². The average Bonchev–Trinajstić information content (AvgIpc) is 3.06. The number of fused-ring (bicyclic) bond motifs is 1. The van der Waals surface area contributed by atoms with Gasteiger partial charge in [0, 0.05) is 12.1 Å². The van der Waals surface area contributed by atoms with E-state index in [4.69, 9.17) is 10.5 Å².